The number of nitrogens with one attached hydrogen (secondary N) is 1. The first-order valence-electron chi connectivity index (χ1n) is 18.8. The Hall–Kier alpha value is -4.59. The number of aromatic nitrogens is 3. The van der Waals surface area contributed by atoms with E-state index in [0.29, 0.717) is 46.4 Å². The Bertz CT molecular complexity index is 2260. The van der Waals surface area contributed by atoms with E-state index in [1.165, 1.54) is 6.20 Å². The molecule has 3 aromatic carbocycles. The van der Waals surface area contributed by atoms with Gasteiger partial charge in [0.15, 0.2) is 5.79 Å². The number of carbonyl (C=O) groups is 1. The van der Waals surface area contributed by atoms with E-state index in [0.717, 1.165) is 58.0 Å². The van der Waals surface area contributed by atoms with Gasteiger partial charge in [-0.05, 0) is 71.9 Å². The van der Waals surface area contributed by atoms with Crippen LogP contribution in [-0.2, 0) is 34.0 Å². The zero-order valence-electron chi connectivity index (χ0n) is 31.7. The van der Waals surface area contributed by atoms with Gasteiger partial charge in [-0.3, -0.25) is 24.7 Å². The van der Waals surface area contributed by atoms with Crippen LogP contribution in [0.1, 0.15) is 55.0 Å². The lowest BCUT2D eigenvalue weighted by Crippen LogP contribution is -2.52. The van der Waals surface area contributed by atoms with Crippen molar-refractivity contribution in [1.29, 1.82) is 5.26 Å². The third-order valence-corrected chi connectivity index (χ3v) is 11.7. The number of piperidine rings is 1. The fourth-order valence-corrected chi connectivity index (χ4v) is 8.09. The van der Waals surface area contributed by atoms with Gasteiger partial charge in [0.1, 0.15) is 36.8 Å². The van der Waals surface area contributed by atoms with Crippen LogP contribution in [0.2, 0.25) is 5.02 Å². The van der Waals surface area contributed by atoms with Gasteiger partial charge in [-0.2, -0.15) is 10.4 Å². The van der Waals surface area contributed by atoms with Gasteiger partial charge in [-0.1, -0.05) is 41.9 Å². The summed E-state index contributed by atoms with van der Waals surface area (Å²) >= 11 is 10.6. The molecule has 13 nitrogen and oxygen atoms in total. The molecule has 0 saturated carbocycles. The zero-order valence-corrected chi connectivity index (χ0v) is 34.0. The average Bonchev–Trinajstić information content (AvgIpc) is 3.65. The van der Waals surface area contributed by atoms with Crippen LogP contribution in [0.5, 0.6) is 11.5 Å². The molecule has 298 valence electrons. The minimum absolute atomic E-state index is 0.0438. The lowest BCUT2D eigenvalue weighted by atomic mass is 9.99. The Morgan fingerprint density at radius 1 is 1.02 bits per heavy atom. The topological polar surface area (TPSA) is 164 Å². The summed E-state index contributed by atoms with van der Waals surface area (Å²) in [6.07, 6.45) is 7.00. The maximum atomic E-state index is 11.5. The van der Waals surface area contributed by atoms with Crippen LogP contribution < -0.4 is 14.8 Å². The summed E-state index contributed by atoms with van der Waals surface area (Å²) in [5, 5.41) is 37.3. The van der Waals surface area contributed by atoms with E-state index in [1.807, 2.05) is 32.2 Å². The molecule has 2 saturated heterocycles. The number of fused-ring (bicyclic) bond motifs is 1. The van der Waals surface area contributed by atoms with Crippen molar-refractivity contribution >= 4 is 44.4 Å². The van der Waals surface area contributed by atoms with Gasteiger partial charge < -0.3 is 29.2 Å². The van der Waals surface area contributed by atoms with Gasteiger partial charge in [0, 0.05) is 64.6 Å². The van der Waals surface area contributed by atoms with Crippen molar-refractivity contribution in [2.45, 2.75) is 70.4 Å². The molecule has 2 aliphatic heterocycles. The van der Waals surface area contributed by atoms with Crippen molar-refractivity contribution < 1.29 is 34.0 Å². The number of rotatable bonds is 14. The highest BCUT2D eigenvalue weighted by molar-refractivity contribution is 9.10. The van der Waals surface area contributed by atoms with Gasteiger partial charge in [0.2, 0.25) is 0 Å². The van der Waals surface area contributed by atoms with E-state index in [1.54, 1.807) is 24.4 Å². The van der Waals surface area contributed by atoms with E-state index in [9.17, 15) is 20.3 Å². The highest BCUT2D eigenvalue weighted by Gasteiger charge is 2.34. The average molecular weight is 860 g/mol. The van der Waals surface area contributed by atoms with E-state index in [-0.39, 0.29) is 31.8 Å². The summed E-state index contributed by atoms with van der Waals surface area (Å²) in [6, 6.07) is 18.8. The summed E-state index contributed by atoms with van der Waals surface area (Å²) < 4.78 is 27.4. The third kappa shape index (κ3) is 9.42. The van der Waals surface area contributed by atoms with Crippen molar-refractivity contribution in [3.8, 4) is 28.7 Å². The molecule has 0 radical (unpaired) electrons. The number of carboxylic acids is 1. The molecule has 3 N–H and O–H groups in total. The Morgan fingerprint density at radius 3 is 2.49 bits per heavy atom. The number of aliphatic hydroxyl groups excluding tert-OH is 1. The maximum absolute atomic E-state index is 11.5. The number of aliphatic hydroxyl groups is 1. The summed E-state index contributed by atoms with van der Waals surface area (Å²) in [6.45, 7) is 6.89. The third-order valence-electron chi connectivity index (χ3n) is 10.5. The predicted octanol–water partition coefficient (Wildman–Crippen LogP) is 6.87. The van der Waals surface area contributed by atoms with Gasteiger partial charge in [-0.25, -0.2) is 0 Å². The summed E-state index contributed by atoms with van der Waals surface area (Å²) in [4.78, 5) is 18.1. The van der Waals surface area contributed by atoms with Crippen LogP contribution in [0, 0.1) is 11.3 Å². The molecule has 0 bridgehead atoms. The van der Waals surface area contributed by atoms with E-state index in [4.69, 9.17) is 35.6 Å². The predicted molar refractivity (Wildman–Crippen MR) is 217 cm³/mol. The van der Waals surface area contributed by atoms with Gasteiger partial charge in [0.05, 0.1) is 54.2 Å². The fourth-order valence-electron chi connectivity index (χ4n) is 7.25. The second kappa shape index (κ2) is 17.9. The van der Waals surface area contributed by atoms with Crippen LogP contribution in [0.4, 0.5) is 0 Å². The number of hydrogen-bond acceptors (Lipinski definition) is 11. The zero-order chi connectivity index (χ0) is 40.1. The van der Waals surface area contributed by atoms with Crippen molar-refractivity contribution in [2.24, 2.45) is 0 Å². The molecule has 0 spiro atoms. The number of aliphatic carboxylic acids is 1. The smallest absolute Gasteiger partial charge is 0.323 e. The first-order valence-corrected chi connectivity index (χ1v) is 20.0. The number of pyridine rings is 1. The number of halogens is 2. The van der Waals surface area contributed by atoms with E-state index in [2.05, 4.69) is 66.1 Å². The lowest BCUT2D eigenvalue weighted by Gasteiger charge is -2.42. The molecule has 7 rings (SSSR count). The number of likely N-dealkylation sites (tertiary alicyclic amines) is 1. The first-order chi connectivity index (χ1) is 27.5. The quantitative estimate of drug-likeness (QED) is 0.106. The molecular formula is C42H44BrClN6O7. The fraction of sp³-hybridized carbons (Fsp3) is 0.381. The Balaban J connectivity index is 1.07. The summed E-state index contributed by atoms with van der Waals surface area (Å²) in [5.41, 5.74) is 5.63. The second-order valence-electron chi connectivity index (χ2n) is 14.7. The number of carboxylic acid groups (broad SMARTS) is 1. The maximum Gasteiger partial charge on any atom is 0.323 e. The minimum Gasteiger partial charge on any atom is -0.488 e. The second-order valence-corrected chi connectivity index (χ2v) is 15.9. The Kier molecular flexibility index (Phi) is 12.8. The number of nitriles is 1. The number of hydrogen-bond donors (Lipinski definition) is 3. The first kappa shape index (κ1) is 40.6. The molecule has 1 atom stereocenters. The molecule has 0 aliphatic carbocycles. The highest BCUT2D eigenvalue weighted by atomic mass is 79.9. The van der Waals surface area contributed by atoms with Crippen molar-refractivity contribution in [3.63, 3.8) is 0 Å². The summed E-state index contributed by atoms with van der Waals surface area (Å²) in [7, 11) is 0. The van der Waals surface area contributed by atoms with Crippen LogP contribution in [-0.4, -0.2) is 86.6 Å². The number of ether oxygens (including phenoxy) is 4. The molecule has 1 unspecified atom stereocenters. The number of nitrogens with zero attached hydrogens (tertiary/aromatic N) is 5. The molecule has 2 aliphatic rings. The van der Waals surface area contributed by atoms with Gasteiger partial charge in [-0.15, -0.1) is 0 Å². The monoisotopic (exact) mass is 858 g/mol. The van der Waals surface area contributed by atoms with Gasteiger partial charge in [0.25, 0.3) is 0 Å². The SMILES string of the molecule is CC1(C)OCC(N2CCC(n3ncc4c(-c5cccc(COc6cc(OCc7cncc(C#N)c7)c(CNC(CO)C(=O)O)cc6Cl)c5Br)cccc43)CC2)CO1. The minimum atomic E-state index is -1.19. The molecule has 4 heterocycles. The normalized spacial score (nSPS) is 17.0. The van der Waals surface area contributed by atoms with E-state index < -0.39 is 24.4 Å². The molecule has 57 heavy (non-hydrogen) atoms. The summed E-state index contributed by atoms with van der Waals surface area (Å²) in [5.74, 6) is -0.970. The van der Waals surface area contributed by atoms with Crippen LogP contribution in [0.25, 0.3) is 22.0 Å². The lowest BCUT2D eigenvalue weighted by molar-refractivity contribution is -0.264. The van der Waals surface area contributed by atoms with Crippen molar-refractivity contribution in [2.75, 3.05) is 32.9 Å². The Labute approximate surface area is 344 Å². The molecular weight excluding hydrogens is 816 g/mol. The van der Waals surface area contributed by atoms with Crippen LogP contribution >= 0.6 is 27.5 Å². The molecule has 5 aromatic rings. The van der Waals surface area contributed by atoms with E-state index >= 15 is 0 Å². The van der Waals surface area contributed by atoms with Gasteiger partial charge >= 0.3 is 5.97 Å². The number of benzene rings is 3. The van der Waals surface area contributed by atoms with Crippen molar-refractivity contribution in [3.05, 3.63) is 105 Å². The van der Waals surface area contributed by atoms with Crippen LogP contribution in [0.3, 0.4) is 0 Å². The molecule has 2 fully saturated rings. The molecule has 2 aromatic heterocycles. The molecule has 15 heteroatoms. The molecule has 0 amide bonds. The highest BCUT2D eigenvalue weighted by Crippen LogP contribution is 2.39. The van der Waals surface area contributed by atoms with Crippen molar-refractivity contribution in [1.82, 2.24) is 25.0 Å². The Morgan fingerprint density at radius 2 is 1.75 bits per heavy atom. The van der Waals surface area contributed by atoms with Crippen LogP contribution in [0.15, 0.2) is 77.7 Å². The standard InChI is InChI=1S/C42H44BrClN6O7/c1-42(2)56-24-31(25-57-42)49-11-9-30(10-12-49)50-37-8-4-6-32(34(37)20-48-50)33-7-3-5-28(40(33)43)23-55-39-15-38(54-22-27-13-26(16-45)17-46-18-27)29(14-35(39)44)19-47-36(21-51)41(52)53/h3-8,13-15,17-18,20,30-31,36,47,51H,9-12,19,21-25H2,1-2H3,(H,52,53). The largest absolute Gasteiger partial charge is 0.488 e.